The summed E-state index contributed by atoms with van der Waals surface area (Å²) in [7, 11) is 3.32. The molecule has 3 aromatic rings. The molecule has 0 amide bonds. The second-order valence-electron chi connectivity index (χ2n) is 6.37. The lowest BCUT2D eigenvalue weighted by Crippen LogP contribution is -2.24. The Kier molecular flexibility index (Phi) is 4.20. The third kappa shape index (κ3) is 2.76. The van der Waals surface area contributed by atoms with Crippen LogP contribution in [0.3, 0.4) is 0 Å². The van der Waals surface area contributed by atoms with Crippen molar-refractivity contribution < 1.29 is 13.9 Å². The van der Waals surface area contributed by atoms with Crippen molar-refractivity contribution in [2.24, 2.45) is 7.05 Å². The summed E-state index contributed by atoms with van der Waals surface area (Å²) in [5.41, 5.74) is 2.22. The first-order valence-electron chi connectivity index (χ1n) is 8.44. The smallest absolute Gasteiger partial charge is 0.191 e. The number of aromatic nitrogens is 4. The first-order chi connectivity index (χ1) is 12.6. The van der Waals surface area contributed by atoms with Gasteiger partial charge in [0.25, 0.3) is 0 Å². The molecule has 3 heterocycles. The maximum absolute atomic E-state index is 14.5. The zero-order valence-corrected chi connectivity index (χ0v) is 14.9. The largest absolute Gasteiger partial charge is 0.494 e. The molecule has 1 aliphatic heterocycles. The quantitative estimate of drug-likeness (QED) is 0.774. The van der Waals surface area contributed by atoms with Gasteiger partial charge in [-0.3, -0.25) is 4.68 Å². The lowest BCUT2D eigenvalue weighted by Gasteiger charge is -2.21. The molecule has 8 heteroatoms. The molecule has 1 saturated heterocycles. The van der Waals surface area contributed by atoms with Crippen LogP contribution in [0.2, 0.25) is 0 Å². The summed E-state index contributed by atoms with van der Waals surface area (Å²) in [6.07, 6.45) is 4.02. The lowest BCUT2D eigenvalue weighted by molar-refractivity contribution is 0.107. The van der Waals surface area contributed by atoms with Crippen molar-refractivity contribution in [2.45, 2.75) is 25.5 Å². The minimum Gasteiger partial charge on any atom is -0.494 e. The highest BCUT2D eigenvalue weighted by Crippen LogP contribution is 2.34. The minimum absolute atomic E-state index is 0.0150. The van der Waals surface area contributed by atoms with Gasteiger partial charge in [0, 0.05) is 30.8 Å². The molecule has 0 spiro atoms. The summed E-state index contributed by atoms with van der Waals surface area (Å²) in [6, 6.07) is 3.36. The molecule has 7 nitrogen and oxygen atoms in total. The van der Waals surface area contributed by atoms with Crippen LogP contribution in [0.25, 0.3) is 10.9 Å². The van der Waals surface area contributed by atoms with E-state index in [4.69, 9.17) is 9.47 Å². The van der Waals surface area contributed by atoms with Crippen molar-refractivity contribution in [1.29, 1.82) is 0 Å². The third-order valence-electron chi connectivity index (χ3n) is 4.70. The predicted molar refractivity (Wildman–Crippen MR) is 94.7 cm³/mol. The number of methoxy groups -OCH3 is 1. The van der Waals surface area contributed by atoms with Gasteiger partial charge in [-0.05, 0) is 25.5 Å². The normalized spacial score (nSPS) is 19.8. The number of halogens is 1. The number of aryl methyl sites for hydroxylation is 2. The highest BCUT2D eigenvalue weighted by molar-refractivity contribution is 5.90. The number of benzene rings is 1. The zero-order valence-electron chi connectivity index (χ0n) is 14.9. The van der Waals surface area contributed by atoms with E-state index >= 15 is 0 Å². The van der Waals surface area contributed by atoms with Gasteiger partial charge < -0.3 is 14.8 Å². The highest BCUT2D eigenvalue weighted by Gasteiger charge is 2.32. The Balaban J connectivity index is 1.68. The summed E-state index contributed by atoms with van der Waals surface area (Å²) >= 11 is 0. The van der Waals surface area contributed by atoms with Crippen LogP contribution in [0.15, 0.2) is 24.7 Å². The predicted octanol–water partition coefficient (Wildman–Crippen LogP) is 2.76. The van der Waals surface area contributed by atoms with Crippen molar-refractivity contribution >= 4 is 16.7 Å². The zero-order chi connectivity index (χ0) is 18.3. The van der Waals surface area contributed by atoms with Crippen molar-refractivity contribution in [3.05, 3.63) is 41.7 Å². The fraction of sp³-hybridized carbons (Fsp3) is 0.389. The molecule has 26 heavy (non-hydrogen) atoms. The molecule has 0 saturated carbocycles. The van der Waals surface area contributed by atoms with Gasteiger partial charge in [0.2, 0.25) is 0 Å². The fourth-order valence-electron chi connectivity index (χ4n) is 3.47. The molecule has 1 aliphatic rings. The first-order valence-corrected chi connectivity index (χ1v) is 8.44. The number of hydrogen-bond acceptors (Lipinski definition) is 6. The summed E-state index contributed by atoms with van der Waals surface area (Å²) in [5, 5.41) is 8.42. The molecule has 0 aliphatic carbocycles. The van der Waals surface area contributed by atoms with Gasteiger partial charge in [0.05, 0.1) is 18.8 Å². The Morgan fingerprint density at radius 3 is 2.92 bits per heavy atom. The number of nitrogens with one attached hydrogen (secondary N) is 1. The van der Waals surface area contributed by atoms with E-state index in [1.165, 1.54) is 13.4 Å². The van der Waals surface area contributed by atoms with E-state index in [0.29, 0.717) is 17.8 Å². The molecule has 0 unspecified atom stereocenters. The van der Waals surface area contributed by atoms with Crippen LogP contribution in [0.5, 0.6) is 5.75 Å². The van der Waals surface area contributed by atoms with Crippen LogP contribution < -0.4 is 10.1 Å². The molecular formula is C18H20FN5O2. The average molecular weight is 357 g/mol. The van der Waals surface area contributed by atoms with Gasteiger partial charge in [-0.2, -0.15) is 5.10 Å². The minimum atomic E-state index is -0.488. The van der Waals surface area contributed by atoms with Gasteiger partial charge in [0.1, 0.15) is 23.8 Å². The topological polar surface area (TPSA) is 74.1 Å². The van der Waals surface area contributed by atoms with E-state index in [9.17, 15) is 4.39 Å². The van der Waals surface area contributed by atoms with Crippen LogP contribution in [-0.2, 0) is 11.8 Å². The first kappa shape index (κ1) is 16.7. The third-order valence-corrected chi connectivity index (χ3v) is 4.70. The van der Waals surface area contributed by atoms with Gasteiger partial charge >= 0.3 is 0 Å². The van der Waals surface area contributed by atoms with Crippen LogP contribution in [0.1, 0.15) is 23.8 Å². The second-order valence-corrected chi connectivity index (χ2v) is 6.37. The lowest BCUT2D eigenvalue weighted by atomic mass is 10.0. The average Bonchev–Trinajstić information content (AvgIpc) is 3.21. The number of hydrogen-bond donors (Lipinski definition) is 1. The number of fused-ring (bicyclic) bond motifs is 1. The van der Waals surface area contributed by atoms with E-state index in [-0.39, 0.29) is 23.4 Å². The van der Waals surface area contributed by atoms with Gasteiger partial charge in [-0.1, -0.05) is 0 Å². The number of ether oxygens (including phenoxy) is 2. The summed E-state index contributed by atoms with van der Waals surface area (Å²) in [5.74, 6) is 0.256. The number of anilines is 1. The molecule has 4 rings (SSSR count). The van der Waals surface area contributed by atoms with E-state index in [2.05, 4.69) is 20.4 Å². The van der Waals surface area contributed by atoms with Crippen molar-refractivity contribution in [3.8, 4) is 5.75 Å². The molecule has 0 radical (unpaired) electrons. The SMILES string of the molecule is COc1ccc2c(N[C@H]3CCO[C@@H]3c3cn(C)nc3C)ncnc2c1F. The van der Waals surface area contributed by atoms with Gasteiger partial charge in [-0.15, -0.1) is 0 Å². The Bertz CT molecular complexity index is 958. The molecule has 1 fully saturated rings. The molecular weight excluding hydrogens is 337 g/mol. The Morgan fingerprint density at radius 1 is 1.35 bits per heavy atom. The molecule has 2 atom stereocenters. The number of rotatable bonds is 4. The van der Waals surface area contributed by atoms with Crippen LogP contribution in [-0.4, -0.2) is 39.5 Å². The van der Waals surface area contributed by atoms with Gasteiger partial charge in [-0.25, -0.2) is 14.4 Å². The Hall–Kier alpha value is -2.74. The summed E-state index contributed by atoms with van der Waals surface area (Å²) < 4.78 is 27.2. The molecule has 1 aromatic carbocycles. The van der Waals surface area contributed by atoms with Crippen molar-refractivity contribution in [2.75, 3.05) is 19.0 Å². The second kappa shape index (κ2) is 6.53. The van der Waals surface area contributed by atoms with Gasteiger partial charge in [0.15, 0.2) is 11.6 Å². The molecule has 136 valence electrons. The van der Waals surface area contributed by atoms with Crippen molar-refractivity contribution in [3.63, 3.8) is 0 Å². The van der Waals surface area contributed by atoms with Crippen LogP contribution in [0.4, 0.5) is 10.2 Å². The van der Waals surface area contributed by atoms with Crippen LogP contribution in [0, 0.1) is 12.7 Å². The summed E-state index contributed by atoms with van der Waals surface area (Å²) in [6.45, 7) is 2.61. The number of nitrogens with zero attached hydrogens (tertiary/aromatic N) is 4. The Morgan fingerprint density at radius 2 is 2.19 bits per heavy atom. The fourth-order valence-corrected chi connectivity index (χ4v) is 3.47. The molecule has 0 bridgehead atoms. The van der Waals surface area contributed by atoms with Crippen LogP contribution >= 0.6 is 0 Å². The maximum Gasteiger partial charge on any atom is 0.191 e. The van der Waals surface area contributed by atoms with E-state index in [0.717, 1.165) is 17.7 Å². The van der Waals surface area contributed by atoms with E-state index in [1.54, 1.807) is 16.8 Å². The van der Waals surface area contributed by atoms with E-state index in [1.807, 2.05) is 20.2 Å². The van der Waals surface area contributed by atoms with Crippen molar-refractivity contribution in [1.82, 2.24) is 19.7 Å². The standard InChI is InChI=1S/C18H20FN5O2/c1-10-12(8-24(2)23-10)17-13(6-7-26-17)22-18-11-4-5-14(25-3)15(19)16(11)20-9-21-18/h4-5,8-9,13,17H,6-7H2,1-3H3,(H,20,21,22)/t13-,17+/m0/s1. The Labute approximate surface area is 150 Å². The van der Waals surface area contributed by atoms with E-state index < -0.39 is 5.82 Å². The molecule has 2 aromatic heterocycles. The summed E-state index contributed by atoms with van der Waals surface area (Å²) in [4.78, 5) is 8.39. The highest BCUT2D eigenvalue weighted by atomic mass is 19.1. The monoisotopic (exact) mass is 357 g/mol. The molecule has 1 N–H and O–H groups in total. The maximum atomic E-state index is 14.5.